The zero-order valence-corrected chi connectivity index (χ0v) is 9.00. The molecule has 0 fully saturated rings. The number of aromatic hydroxyl groups is 1. The normalized spacial score (nSPS) is 10.0. The molecule has 4 heteroatoms. The minimum atomic E-state index is -0.166. The molecule has 0 atom stereocenters. The highest BCUT2D eigenvalue weighted by Gasteiger charge is 2.06. The van der Waals surface area contributed by atoms with E-state index in [-0.39, 0.29) is 11.7 Å². The number of hydrogen-bond acceptors (Lipinski definition) is 3. The van der Waals surface area contributed by atoms with E-state index in [0.717, 1.165) is 12.1 Å². The monoisotopic (exact) mass is 208 g/mol. The van der Waals surface area contributed by atoms with Crippen LogP contribution in [0.15, 0.2) is 18.2 Å². The molecule has 1 aromatic rings. The van der Waals surface area contributed by atoms with Crippen LogP contribution in [0.2, 0.25) is 0 Å². The van der Waals surface area contributed by atoms with E-state index in [9.17, 15) is 9.90 Å². The van der Waals surface area contributed by atoms with E-state index in [1.54, 1.807) is 19.1 Å². The van der Waals surface area contributed by atoms with Crippen molar-refractivity contribution in [3.05, 3.63) is 29.3 Å². The maximum atomic E-state index is 11.5. The van der Waals surface area contributed by atoms with Crippen LogP contribution in [0.25, 0.3) is 0 Å². The lowest BCUT2D eigenvalue weighted by Crippen LogP contribution is -2.30. The zero-order chi connectivity index (χ0) is 11.3. The first-order valence-corrected chi connectivity index (χ1v) is 4.87. The van der Waals surface area contributed by atoms with E-state index in [1.165, 1.54) is 6.07 Å². The summed E-state index contributed by atoms with van der Waals surface area (Å²) in [5.41, 5.74) is 1.25. The molecule has 1 amide bonds. The number of phenols is 1. The molecule has 0 aliphatic rings. The van der Waals surface area contributed by atoms with E-state index >= 15 is 0 Å². The molecule has 3 N–H and O–H groups in total. The second-order valence-electron chi connectivity index (χ2n) is 3.36. The predicted octanol–water partition coefficient (Wildman–Crippen LogP) is 0.650. The molecule has 0 spiro atoms. The molecule has 0 unspecified atom stereocenters. The van der Waals surface area contributed by atoms with Crippen molar-refractivity contribution in [3.8, 4) is 5.75 Å². The quantitative estimate of drug-likeness (QED) is 0.637. The van der Waals surface area contributed by atoms with Crippen LogP contribution in [0.3, 0.4) is 0 Å². The third-order valence-electron chi connectivity index (χ3n) is 2.13. The summed E-state index contributed by atoms with van der Waals surface area (Å²) in [7, 11) is 1.82. The Morgan fingerprint density at radius 3 is 2.73 bits per heavy atom. The lowest BCUT2D eigenvalue weighted by molar-refractivity contribution is 0.0953. The molecule has 0 aliphatic carbocycles. The Morgan fingerprint density at radius 2 is 2.13 bits per heavy atom. The number of nitrogens with one attached hydrogen (secondary N) is 2. The number of aryl methyl sites for hydroxylation is 1. The van der Waals surface area contributed by atoms with Crippen molar-refractivity contribution in [2.45, 2.75) is 6.92 Å². The second-order valence-corrected chi connectivity index (χ2v) is 3.36. The van der Waals surface area contributed by atoms with Crippen molar-refractivity contribution in [2.24, 2.45) is 0 Å². The van der Waals surface area contributed by atoms with E-state index in [0.29, 0.717) is 12.1 Å². The minimum Gasteiger partial charge on any atom is -0.508 e. The lowest BCUT2D eigenvalue weighted by atomic mass is 10.1. The van der Waals surface area contributed by atoms with Gasteiger partial charge in [-0.1, -0.05) is 6.07 Å². The van der Waals surface area contributed by atoms with Gasteiger partial charge in [-0.25, -0.2) is 0 Å². The van der Waals surface area contributed by atoms with Gasteiger partial charge >= 0.3 is 0 Å². The van der Waals surface area contributed by atoms with Gasteiger partial charge in [0.05, 0.1) is 0 Å². The standard InChI is InChI=1S/C11H16N2O2/c1-8-3-4-9(7-10(8)14)11(15)13-6-5-12-2/h3-4,7,12,14H,5-6H2,1-2H3,(H,13,15). The van der Waals surface area contributed by atoms with Crippen LogP contribution in [0, 0.1) is 6.92 Å². The molecular formula is C11H16N2O2. The van der Waals surface area contributed by atoms with E-state index < -0.39 is 0 Å². The average molecular weight is 208 g/mol. The van der Waals surface area contributed by atoms with E-state index in [1.807, 2.05) is 7.05 Å². The first kappa shape index (κ1) is 11.5. The van der Waals surface area contributed by atoms with Gasteiger partial charge in [-0.05, 0) is 31.7 Å². The lowest BCUT2D eigenvalue weighted by Gasteiger charge is -2.06. The van der Waals surface area contributed by atoms with Crippen LogP contribution in [0.4, 0.5) is 0 Å². The van der Waals surface area contributed by atoms with Crippen LogP contribution < -0.4 is 10.6 Å². The minimum absolute atomic E-state index is 0.149. The van der Waals surface area contributed by atoms with Gasteiger partial charge in [-0.15, -0.1) is 0 Å². The number of likely N-dealkylation sites (N-methyl/N-ethyl adjacent to an activating group) is 1. The van der Waals surface area contributed by atoms with Crippen LogP contribution in [-0.4, -0.2) is 31.2 Å². The topological polar surface area (TPSA) is 61.4 Å². The molecule has 0 aliphatic heterocycles. The van der Waals surface area contributed by atoms with Crippen molar-refractivity contribution in [1.29, 1.82) is 0 Å². The molecule has 15 heavy (non-hydrogen) atoms. The maximum absolute atomic E-state index is 11.5. The fourth-order valence-corrected chi connectivity index (χ4v) is 1.15. The largest absolute Gasteiger partial charge is 0.508 e. The summed E-state index contributed by atoms with van der Waals surface area (Å²) in [4.78, 5) is 11.5. The molecule has 82 valence electrons. The second kappa shape index (κ2) is 5.36. The number of phenolic OH excluding ortho intramolecular Hbond substituents is 1. The van der Waals surface area contributed by atoms with Gasteiger partial charge in [0.25, 0.3) is 5.91 Å². The molecular weight excluding hydrogens is 192 g/mol. The summed E-state index contributed by atoms with van der Waals surface area (Å²) in [5.74, 6) is -0.0168. The summed E-state index contributed by atoms with van der Waals surface area (Å²) in [6, 6.07) is 4.90. The van der Waals surface area contributed by atoms with Crippen molar-refractivity contribution in [1.82, 2.24) is 10.6 Å². The predicted molar refractivity (Wildman–Crippen MR) is 59.1 cm³/mol. The van der Waals surface area contributed by atoms with Gasteiger partial charge in [0, 0.05) is 18.7 Å². The fourth-order valence-electron chi connectivity index (χ4n) is 1.15. The summed E-state index contributed by atoms with van der Waals surface area (Å²) < 4.78 is 0. The third kappa shape index (κ3) is 3.25. The van der Waals surface area contributed by atoms with Gasteiger partial charge < -0.3 is 15.7 Å². The fraction of sp³-hybridized carbons (Fsp3) is 0.364. The van der Waals surface area contributed by atoms with E-state index in [2.05, 4.69) is 10.6 Å². The third-order valence-corrected chi connectivity index (χ3v) is 2.13. The van der Waals surface area contributed by atoms with Crippen molar-refractivity contribution in [3.63, 3.8) is 0 Å². The highest BCUT2D eigenvalue weighted by molar-refractivity contribution is 5.94. The van der Waals surface area contributed by atoms with Crippen LogP contribution in [0.1, 0.15) is 15.9 Å². The van der Waals surface area contributed by atoms with Crippen LogP contribution in [-0.2, 0) is 0 Å². The molecule has 0 heterocycles. The van der Waals surface area contributed by atoms with Gasteiger partial charge in [0.15, 0.2) is 0 Å². The Hall–Kier alpha value is -1.55. The summed E-state index contributed by atoms with van der Waals surface area (Å²) in [6.45, 7) is 3.09. The van der Waals surface area contributed by atoms with Crippen LogP contribution >= 0.6 is 0 Å². The highest BCUT2D eigenvalue weighted by Crippen LogP contribution is 2.17. The smallest absolute Gasteiger partial charge is 0.251 e. The maximum Gasteiger partial charge on any atom is 0.251 e. The molecule has 0 saturated heterocycles. The van der Waals surface area contributed by atoms with Gasteiger partial charge in [-0.3, -0.25) is 4.79 Å². The SMILES string of the molecule is CNCCNC(=O)c1ccc(C)c(O)c1. The summed E-state index contributed by atoms with van der Waals surface area (Å²) >= 11 is 0. The number of carbonyl (C=O) groups is 1. The number of carbonyl (C=O) groups excluding carboxylic acids is 1. The first-order chi connectivity index (χ1) is 7.15. The van der Waals surface area contributed by atoms with Crippen molar-refractivity contribution >= 4 is 5.91 Å². The molecule has 0 radical (unpaired) electrons. The van der Waals surface area contributed by atoms with Crippen molar-refractivity contribution < 1.29 is 9.90 Å². The average Bonchev–Trinajstić information content (AvgIpc) is 2.22. The van der Waals surface area contributed by atoms with Gasteiger partial charge in [-0.2, -0.15) is 0 Å². The Kier molecular flexibility index (Phi) is 4.12. The highest BCUT2D eigenvalue weighted by atomic mass is 16.3. The van der Waals surface area contributed by atoms with Crippen molar-refractivity contribution in [2.75, 3.05) is 20.1 Å². The molecule has 0 aromatic heterocycles. The van der Waals surface area contributed by atoms with Gasteiger partial charge in [0.1, 0.15) is 5.75 Å². The number of benzene rings is 1. The Morgan fingerprint density at radius 1 is 1.40 bits per heavy atom. The first-order valence-electron chi connectivity index (χ1n) is 4.87. The number of hydrogen-bond donors (Lipinski definition) is 3. The molecule has 0 saturated carbocycles. The molecule has 0 bridgehead atoms. The van der Waals surface area contributed by atoms with Gasteiger partial charge in [0.2, 0.25) is 0 Å². The Balaban J connectivity index is 2.62. The van der Waals surface area contributed by atoms with Crippen LogP contribution in [0.5, 0.6) is 5.75 Å². The molecule has 4 nitrogen and oxygen atoms in total. The Labute approximate surface area is 89.3 Å². The zero-order valence-electron chi connectivity index (χ0n) is 9.00. The number of amides is 1. The summed E-state index contributed by atoms with van der Waals surface area (Å²) in [5, 5.41) is 15.1. The molecule has 1 aromatic carbocycles. The van der Waals surface area contributed by atoms with E-state index in [4.69, 9.17) is 0 Å². The number of rotatable bonds is 4. The summed E-state index contributed by atoms with van der Waals surface area (Å²) in [6.07, 6.45) is 0. The Bertz CT molecular complexity index is 350. The molecule has 1 rings (SSSR count).